The molecule has 0 heterocycles. The zero-order chi connectivity index (χ0) is 8.15. The maximum atomic E-state index is 10.2. The summed E-state index contributed by atoms with van der Waals surface area (Å²) in [6, 6.07) is 0. The molecule has 0 saturated carbocycles. The van der Waals surface area contributed by atoms with Crippen LogP contribution in [0.1, 0.15) is 22.6 Å². The Labute approximate surface area is 118 Å². The van der Waals surface area contributed by atoms with Crippen LogP contribution in [-0.2, 0) is 9.59 Å². The summed E-state index contributed by atoms with van der Waals surface area (Å²) in [5, 5.41) is 16.6. The zero-order valence-corrected chi connectivity index (χ0v) is 11.7. The van der Waals surface area contributed by atoms with E-state index < -0.39 is 17.9 Å². The molecular formula is C6H12Na2O4. The number of carboxylic acid groups (broad SMARTS) is 2. The molecule has 0 aliphatic heterocycles. The van der Waals surface area contributed by atoms with Crippen molar-refractivity contribution in [2.75, 3.05) is 0 Å². The van der Waals surface area contributed by atoms with E-state index >= 15 is 0 Å². The van der Waals surface area contributed by atoms with Crippen LogP contribution in [0.3, 0.4) is 0 Å². The topological polar surface area (TPSA) is 74.6 Å². The molecule has 0 rings (SSSR count). The van der Waals surface area contributed by atoms with Gasteiger partial charge in [0.2, 0.25) is 0 Å². The summed E-state index contributed by atoms with van der Waals surface area (Å²) in [6.45, 7) is 1.75. The number of hydrogen-bond acceptors (Lipinski definition) is 2. The van der Waals surface area contributed by atoms with Crippen molar-refractivity contribution in [3.63, 3.8) is 0 Å². The summed E-state index contributed by atoms with van der Waals surface area (Å²) >= 11 is 0. The summed E-state index contributed by atoms with van der Waals surface area (Å²) in [6.07, 6.45) is 0.772. The summed E-state index contributed by atoms with van der Waals surface area (Å²) < 4.78 is 0. The molecule has 0 radical (unpaired) electrons. The maximum Gasteiger partial charge on any atom is 1.00 e. The van der Waals surface area contributed by atoms with E-state index in [1.165, 1.54) is 0 Å². The third kappa shape index (κ3) is 7.58. The molecule has 62 valence electrons. The average molecular weight is 194 g/mol. The number of hydrogen-bond donors (Lipinski definition) is 2. The molecule has 2 N–H and O–H groups in total. The van der Waals surface area contributed by atoms with Crippen LogP contribution in [-0.4, -0.2) is 22.2 Å². The van der Waals surface area contributed by atoms with Gasteiger partial charge in [-0.15, -0.1) is 0 Å². The van der Waals surface area contributed by atoms with Crippen molar-refractivity contribution in [2.45, 2.75) is 19.8 Å². The minimum Gasteiger partial charge on any atom is -1.00 e. The summed E-state index contributed by atoms with van der Waals surface area (Å²) in [5.41, 5.74) is 0. The Bertz CT molecular complexity index is 143. The molecule has 4 nitrogen and oxygen atoms in total. The normalized spacial score (nSPS) is 8.17. The van der Waals surface area contributed by atoms with E-state index in [0.717, 1.165) is 0 Å². The molecule has 0 aromatic heterocycles. The van der Waals surface area contributed by atoms with Crippen LogP contribution >= 0.6 is 0 Å². The van der Waals surface area contributed by atoms with Crippen LogP contribution in [0.25, 0.3) is 0 Å². The molecule has 6 heteroatoms. The Kier molecular flexibility index (Phi) is 15.6. The van der Waals surface area contributed by atoms with Crippen molar-refractivity contribution in [2.24, 2.45) is 5.92 Å². The van der Waals surface area contributed by atoms with Crippen molar-refractivity contribution in [1.82, 2.24) is 0 Å². The predicted octanol–water partition coefficient (Wildman–Crippen LogP) is -5.20. The third-order valence-electron chi connectivity index (χ3n) is 1.17. The van der Waals surface area contributed by atoms with E-state index in [1.54, 1.807) is 6.92 Å². The Balaban J connectivity index is -0.0000000675. The van der Waals surface area contributed by atoms with Gasteiger partial charge in [-0.3, -0.25) is 9.59 Å². The van der Waals surface area contributed by atoms with Crippen LogP contribution in [0.5, 0.6) is 0 Å². The third-order valence-corrected chi connectivity index (χ3v) is 1.17. The first-order chi connectivity index (χ1) is 4.59. The van der Waals surface area contributed by atoms with Gasteiger partial charge in [-0.25, -0.2) is 0 Å². The minimum absolute atomic E-state index is 0. The minimum atomic E-state index is -1.26. The van der Waals surface area contributed by atoms with Gasteiger partial charge in [-0.05, 0) is 6.42 Å². The number of carbonyl (C=O) groups is 2. The van der Waals surface area contributed by atoms with E-state index in [4.69, 9.17) is 10.2 Å². The summed E-state index contributed by atoms with van der Waals surface area (Å²) in [7, 11) is 0. The second-order valence-corrected chi connectivity index (χ2v) is 2.02. The first kappa shape index (κ1) is 18.7. The number of carboxylic acids is 2. The fraction of sp³-hybridized carbons (Fsp3) is 0.667. The largest absolute Gasteiger partial charge is 1.00 e. The molecule has 0 unspecified atom stereocenters. The molecule has 0 aromatic carbocycles. The molecule has 0 aliphatic rings. The van der Waals surface area contributed by atoms with Gasteiger partial charge in [0.25, 0.3) is 0 Å². The SMILES string of the molecule is CCCC(C(=O)O)C(=O)O.[H-].[H-].[Na+].[Na+]. The number of rotatable bonds is 4. The molecular weight excluding hydrogens is 182 g/mol. The molecule has 0 fully saturated rings. The molecule has 0 aliphatic carbocycles. The van der Waals surface area contributed by atoms with Gasteiger partial charge in [0.1, 0.15) is 0 Å². The van der Waals surface area contributed by atoms with Crippen LogP contribution in [0.15, 0.2) is 0 Å². The molecule has 12 heavy (non-hydrogen) atoms. The fourth-order valence-electron chi connectivity index (χ4n) is 0.641. The zero-order valence-electron chi connectivity index (χ0n) is 9.70. The molecule has 0 saturated heterocycles. The molecule has 0 atom stereocenters. The van der Waals surface area contributed by atoms with Gasteiger partial charge in [-0.2, -0.15) is 0 Å². The van der Waals surface area contributed by atoms with Gasteiger partial charge < -0.3 is 13.1 Å². The van der Waals surface area contributed by atoms with Gasteiger partial charge in [0, 0.05) is 0 Å². The quantitative estimate of drug-likeness (QED) is 0.346. The van der Waals surface area contributed by atoms with Crippen molar-refractivity contribution < 1.29 is 81.8 Å². The van der Waals surface area contributed by atoms with Crippen molar-refractivity contribution >= 4 is 11.9 Å². The van der Waals surface area contributed by atoms with E-state index in [-0.39, 0.29) is 68.4 Å². The van der Waals surface area contributed by atoms with Gasteiger partial charge in [-0.1, -0.05) is 13.3 Å². The van der Waals surface area contributed by atoms with Gasteiger partial charge in [0.15, 0.2) is 5.92 Å². The Hall–Kier alpha value is 0.940. The first-order valence-electron chi connectivity index (χ1n) is 3.05. The average Bonchev–Trinajstić information content (AvgIpc) is 1.81. The first-order valence-corrected chi connectivity index (χ1v) is 3.05. The maximum absolute atomic E-state index is 10.2. The van der Waals surface area contributed by atoms with Crippen LogP contribution in [0, 0.1) is 5.92 Å². The predicted molar refractivity (Wildman–Crippen MR) is 35.9 cm³/mol. The monoisotopic (exact) mass is 194 g/mol. The van der Waals surface area contributed by atoms with E-state index in [9.17, 15) is 9.59 Å². The molecule has 0 bridgehead atoms. The van der Waals surface area contributed by atoms with E-state index in [0.29, 0.717) is 6.42 Å². The summed E-state index contributed by atoms with van der Waals surface area (Å²) in [4.78, 5) is 20.3. The Morgan fingerprint density at radius 3 is 1.67 bits per heavy atom. The van der Waals surface area contributed by atoms with Crippen LogP contribution < -0.4 is 59.1 Å². The molecule has 0 aromatic rings. The summed E-state index contributed by atoms with van der Waals surface area (Å²) in [5.74, 6) is -3.74. The smallest absolute Gasteiger partial charge is 1.00 e. The van der Waals surface area contributed by atoms with Crippen LogP contribution in [0.2, 0.25) is 0 Å². The van der Waals surface area contributed by atoms with Crippen molar-refractivity contribution in [3.8, 4) is 0 Å². The fourth-order valence-corrected chi connectivity index (χ4v) is 0.641. The second kappa shape index (κ2) is 10.0. The van der Waals surface area contributed by atoms with Gasteiger partial charge >= 0.3 is 71.1 Å². The van der Waals surface area contributed by atoms with E-state index in [2.05, 4.69) is 0 Å². The molecule has 0 spiro atoms. The van der Waals surface area contributed by atoms with E-state index in [1.807, 2.05) is 0 Å². The number of aliphatic carboxylic acids is 2. The van der Waals surface area contributed by atoms with Crippen molar-refractivity contribution in [1.29, 1.82) is 0 Å². The second-order valence-electron chi connectivity index (χ2n) is 2.02. The molecule has 0 amide bonds. The van der Waals surface area contributed by atoms with Gasteiger partial charge in [0.05, 0.1) is 0 Å². The van der Waals surface area contributed by atoms with Crippen molar-refractivity contribution in [3.05, 3.63) is 0 Å². The Morgan fingerprint density at radius 1 is 1.25 bits per heavy atom. The standard InChI is InChI=1S/C6H10O4.2Na.2H/c1-2-3-4(5(7)8)6(9)10;;;;/h4H,2-3H2,1H3,(H,7,8)(H,9,10);;;;/q;2*+1;2*-1. The van der Waals surface area contributed by atoms with Crippen LogP contribution in [0.4, 0.5) is 0 Å². The Morgan fingerprint density at radius 2 is 1.58 bits per heavy atom.